The molecular weight excluding hydrogens is 328 g/mol. The lowest BCUT2D eigenvalue weighted by molar-refractivity contribution is 0.0871. The van der Waals surface area contributed by atoms with Crippen molar-refractivity contribution < 1.29 is 0 Å². The number of H-pyrrole nitrogens is 2. The minimum absolute atomic E-state index is 0.175. The molecule has 140 valence electrons. The number of hydrogen-bond acceptors (Lipinski definition) is 3. The zero-order chi connectivity index (χ0) is 18.1. The predicted octanol–water partition coefficient (Wildman–Crippen LogP) is 3.00. The van der Waals surface area contributed by atoms with E-state index in [1.165, 1.54) is 32.0 Å². The number of aromatic amines is 2. The van der Waals surface area contributed by atoms with Crippen molar-refractivity contribution in [3.05, 3.63) is 27.2 Å². The molecule has 26 heavy (non-hydrogen) atoms. The highest BCUT2D eigenvalue weighted by molar-refractivity contribution is 5.67. The first-order chi connectivity index (χ1) is 12.6. The van der Waals surface area contributed by atoms with Crippen molar-refractivity contribution in [2.75, 3.05) is 0 Å². The maximum atomic E-state index is 13.3. The second-order valence-electron chi connectivity index (χ2n) is 8.85. The molecular formula is C20H28N4O2. The summed E-state index contributed by atoms with van der Waals surface area (Å²) in [5.74, 6) is 2.94. The summed E-state index contributed by atoms with van der Waals surface area (Å²) in [6, 6.07) is 0. The Labute approximate surface area is 152 Å². The predicted molar refractivity (Wildman–Crippen MR) is 100 cm³/mol. The molecule has 6 rings (SSSR count). The van der Waals surface area contributed by atoms with E-state index < -0.39 is 0 Å². The molecule has 4 bridgehead atoms. The third-order valence-corrected chi connectivity index (χ3v) is 7.80. The van der Waals surface area contributed by atoms with Gasteiger partial charge in [-0.05, 0) is 55.3 Å². The molecule has 0 amide bonds. The number of nitrogens with zero attached hydrogens (tertiary/aromatic N) is 2. The zero-order valence-corrected chi connectivity index (χ0v) is 15.6. The third kappa shape index (κ3) is 1.85. The summed E-state index contributed by atoms with van der Waals surface area (Å²) in [6.45, 7) is 4.49. The molecule has 6 atom stereocenters. The highest BCUT2D eigenvalue weighted by Gasteiger charge is 2.68. The van der Waals surface area contributed by atoms with Gasteiger partial charge in [-0.15, -0.1) is 0 Å². The van der Waals surface area contributed by atoms with Gasteiger partial charge in [-0.1, -0.05) is 33.1 Å². The molecule has 2 aromatic rings. The molecule has 0 aromatic carbocycles. The van der Waals surface area contributed by atoms with Crippen LogP contribution in [-0.2, 0) is 5.54 Å². The van der Waals surface area contributed by atoms with Crippen LogP contribution < -0.4 is 11.2 Å². The Morgan fingerprint density at radius 1 is 1.23 bits per heavy atom. The van der Waals surface area contributed by atoms with Crippen LogP contribution in [0.25, 0.3) is 11.2 Å². The van der Waals surface area contributed by atoms with Gasteiger partial charge in [0, 0.05) is 0 Å². The molecule has 6 nitrogen and oxygen atoms in total. The van der Waals surface area contributed by atoms with Gasteiger partial charge in [0.1, 0.15) is 5.52 Å². The molecule has 0 saturated heterocycles. The molecule has 0 aliphatic heterocycles. The average molecular weight is 356 g/mol. The highest BCUT2D eigenvalue weighted by Crippen LogP contribution is 2.70. The second kappa shape index (κ2) is 5.57. The molecule has 4 aliphatic rings. The van der Waals surface area contributed by atoms with Gasteiger partial charge in [-0.2, -0.15) is 0 Å². The van der Waals surface area contributed by atoms with Crippen LogP contribution in [0, 0.1) is 29.6 Å². The Kier molecular flexibility index (Phi) is 3.50. The number of hydrogen-bond donors (Lipinski definition) is 2. The van der Waals surface area contributed by atoms with Crippen LogP contribution >= 0.6 is 0 Å². The molecule has 6 unspecified atom stereocenters. The van der Waals surface area contributed by atoms with E-state index in [1.54, 1.807) is 4.57 Å². The van der Waals surface area contributed by atoms with Gasteiger partial charge in [-0.25, -0.2) is 9.78 Å². The molecule has 4 saturated carbocycles. The van der Waals surface area contributed by atoms with Crippen LogP contribution in [0.1, 0.15) is 58.8 Å². The summed E-state index contributed by atoms with van der Waals surface area (Å²) in [5, 5.41) is 0. The van der Waals surface area contributed by atoms with Crippen molar-refractivity contribution in [1.82, 2.24) is 19.5 Å². The largest absolute Gasteiger partial charge is 0.339 e. The van der Waals surface area contributed by atoms with Crippen LogP contribution in [0.5, 0.6) is 0 Å². The summed E-state index contributed by atoms with van der Waals surface area (Å²) in [6.07, 6.45) is 9.61. The lowest BCUT2D eigenvalue weighted by atomic mass is 9.68. The normalized spacial score (nSPS) is 37.8. The minimum atomic E-state index is -0.284. The quantitative estimate of drug-likeness (QED) is 0.864. The van der Waals surface area contributed by atoms with E-state index in [0.717, 1.165) is 19.3 Å². The summed E-state index contributed by atoms with van der Waals surface area (Å²) in [5.41, 5.74) is 0.0906. The summed E-state index contributed by atoms with van der Waals surface area (Å²) in [4.78, 5) is 36.3. The number of nitrogens with one attached hydrogen (secondary N) is 2. The molecule has 0 radical (unpaired) electrons. The van der Waals surface area contributed by atoms with Crippen molar-refractivity contribution >= 4 is 11.2 Å². The maximum absolute atomic E-state index is 13.3. The van der Waals surface area contributed by atoms with Crippen molar-refractivity contribution in [2.24, 2.45) is 29.6 Å². The molecule has 6 heteroatoms. The van der Waals surface area contributed by atoms with Gasteiger partial charge in [0.05, 0.1) is 11.9 Å². The molecule has 2 N–H and O–H groups in total. The van der Waals surface area contributed by atoms with E-state index in [1.807, 2.05) is 0 Å². The standard InChI is InChI=1S/C20H28N4O2/c1-3-5-12-13-7-11-8-15(12)20(9-11,14(13)6-4-2)24-18(25)16-17(22-10-21-16)23-19(24)26/h10-15H,3-9H2,1-2H3,(H,21,22)(H,23,26). The van der Waals surface area contributed by atoms with Crippen LogP contribution in [0.4, 0.5) is 0 Å². The Hall–Kier alpha value is -1.85. The Morgan fingerprint density at radius 3 is 2.81 bits per heavy atom. The average Bonchev–Trinajstić information content (AvgIpc) is 3.22. The number of aromatic nitrogens is 4. The van der Waals surface area contributed by atoms with E-state index in [2.05, 4.69) is 28.8 Å². The third-order valence-electron chi connectivity index (χ3n) is 7.80. The fraction of sp³-hybridized carbons (Fsp3) is 0.750. The number of imidazole rings is 1. The first-order valence-electron chi connectivity index (χ1n) is 10.3. The van der Waals surface area contributed by atoms with Crippen molar-refractivity contribution in [2.45, 2.75) is 64.3 Å². The van der Waals surface area contributed by atoms with Gasteiger partial charge in [-0.3, -0.25) is 14.3 Å². The monoisotopic (exact) mass is 356 g/mol. The summed E-state index contributed by atoms with van der Waals surface area (Å²) in [7, 11) is 0. The lowest BCUT2D eigenvalue weighted by Crippen LogP contribution is -2.54. The number of fused-ring (bicyclic) bond motifs is 1. The summed E-state index contributed by atoms with van der Waals surface area (Å²) < 4.78 is 1.64. The molecule has 4 aliphatic carbocycles. The molecule has 2 heterocycles. The molecule has 2 aromatic heterocycles. The Morgan fingerprint density at radius 2 is 2.04 bits per heavy atom. The van der Waals surface area contributed by atoms with Gasteiger partial charge in [0.2, 0.25) is 0 Å². The van der Waals surface area contributed by atoms with Crippen LogP contribution in [-0.4, -0.2) is 19.5 Å². The SMILES string of the molecule is CCCC1C2CC3CC1C(n1c(=O)[nH]c4nc[nH]c4c1=O)(C3)C2CCC. The smallest absolute Gasteiger partial charge is 0.330 e. The zero-order valence-electron chi connectivity index (χ0n) is 15.6. The van der Waals surface area contributed by atoms with Crippen molar-refractivity contribution in [1.29, 1.82) is 0 Å². The van der Waals surface area contributed by atoms with Crippen LogP contribution in [0.2, 0.25) is 0 Å². The summed E-state index contributed by atoms with van der Waals surface area (Å²) >= 11 is 0. The van der Waals surface area contributed by atoms with E-state index in [9.17, 15) is 9.59 Å². The van der Waals surface area contributed by atoms with E-state index >= 15 is 0 Å². The fourth-order valence-corrected chi connectivity index (χ4v) is 7.34. The van der Waals surface area contributed by atoms with E-state index in [0.29, 0.717) is 40.8 Å². The first kappa shape index (κ1) is 16.3. The Balaban J connectivity index is 1.76. The van der Waals surface area contributed by atoms with Gasteiger partial charge in [0.15, 0.2) is 5.65 Å². The first-order valence-corrected chi connectivity index (χ1v) is 10.3. The van der Waals surface area contributed by atoms with Gasteiger partial charge in [0.25, 0.3) is 5.56 Å². The van der Waals surface area contributed by atoms with E-state index in [4.69, 9.17) is 0 Å². The van der Waals surface area contributed by atoms with Gasteiger partial charge < -0.3 is 4.98 Å². The van der Waals surface area contributed by atoms with Crippen LogP contribution in [0.3, 0.4) is 0 Å². The molecule has 4 fully saturated rings. The minimum Gasteiger partial charge on any atom is -0.339 e. The highest BCUT2D eigenvalue weighted by atomic mass is 16.2. The lowest BCUT2D eigenvalue weighted by Gasteiger charge is -2.42. The van der Waals surface area contributed by atoms with Crippen molar-refractivity contribution in [3.63, 3.8) is 0 Å². The van der Waals surface area contributed by atoms with Crippen molar-refractivity contribution in [3.8, 4) is 0 Å². The molecule has 0 spiro atoms. The van der Waals surface area contributed by atoms with Gasteiger partial charge >= 0.3 is 5.69 Å². The fourth-order valence-electron chi connectivity index (χ4n) is 7.34. The van der Waals surface area contributed by atoms with E-state index in [-0.39, 0.29) is 16.8 Å². The number of rotatable bonds is 5. The van der Waals surface area contributed by atoms with Crippen LogP contribution in [0.15, 0.2) is 15.9 Å². The Bertz CT molecular complexity index is 957. The topological polar surface area (TPSA) is 83.5 Å². The second-order valence-corrected chi connectivity index (χ2v) is 8.85. The maximum Gasteiger partial charge on any atom is 0.330 e.